The number of rotatable bonds is 3. The SMILES string of the molecule is Cc1ncsc1C(=O)N1CC(Cn2nc(C(C)(C)C)ccc2=O)C1. The van der Waals surface area contributed by atoms with E-state index in [-0.39, 0.29) is 22.8 Å². The molecule has 3 rings (SSSR count). The molecule has 24 heavy (non-hydrogen) atoms. The minimum Gasteiger partial charge on any atom is -0.337 e. The minimum absolute atomic E-state index is 0.0370. The number of aryl methyl sites for hydroxylation is 1. The summed E-state index contributed by atoms with van der Waals surface area (Å²) in [5, 5.41) is 4.49. The number of hydrogen-bond donors (Lipinski definition) is 0. The number of hydrogen-bond acceptors (Lipinski definition) is 5. The predicted molar refractivity (Wildman–Crippen MR) is 93.4 cm³/mol. The zero-order valence-electron chi connectivity index (χ0n) is 14.4. The molecular formula is C17H22N4O2S. The fourth-order valence-corrected chi connectivity index (χ4v) is 3.50. The summed E-state index contributed by atoms with van der Waals surface area (Å²) in [5.74, 6) is 0.303. The normalized spacial score (nSPS) is 15.4. The van der Waals surface area contributed by atoms with Gasteiger partial charge in [0.1, 0.15) is 4.88 Å². The maximum absolute atomic E-state index is 12.4. The quantitative estimate of drug-likeness (QED) is 0.853. The van der Waals surface area contributed by atoms with E-state index in [9.17, 15) is 9.59 Å². The van der Waals surface area contributed by atoms with E-state index in [2.05, 4.69) is 30.9 Å². The van der Waals surface area contributed by atoms with Crippen LogP contribution in [0.4, 0.5) is 0 Å². The van der Waals surface area contributed by atoms with Crippen molar-refractivity contribution in [2.24, 2.45) is 5.92 Å². The third-order valence-electron chi connectivity index (χ3n) is 4.25. The zero-order valence-corrected chi connectivity index (χ0v) is 15.3. The fraction of sp³-hybridized carbons (Fsp3) is 0.529. The van der Waals surface area contributed by atoms with E-state index in [1.165, 1.54) is 16.0 Å². The van der Waals surface area contributed by atoms with E-state index in [0.29, 0.717) is 24.5 Å². The maximum Gasteiger partial charge on any atom is 0.266 e. The van der Waals surface area contributed by atoms with Gasteiger partial charge in [-0.05, 0) is 13.0 Å². The van der Waals surface area contributed by atoms with Crippen molar-refractivity contribution in [2.45, 2.75) is 39.7 Å². The Bertz CT molecular complexity index is 812. The smallest absolute Gasteiger partial charge is 0.266 e. The number of aromatic nitrogens is 3. The number of carbonyl (C=O) groups excluding carboxylic acids is 1. The average Bonchev–Trinajstić information content (AvgIpc) is 2.88. The monoisotopic (exact) mass is 346 g/mol. The van der Waals surface area contributed by atoms with Crippen molar-refractivity contribution in [3.8, 4) is 0 Å². The molecule has 1 fully saturated rings. The Morgan fingerprint density at radius 3 is 2.62 bits per heavy atom. The molecule has 0 aromatic carbocycles. The second kappa shape index (κ2) is 6.12. The van der Waals surface area contributed by atoms with E-state index in [1.807, 2.05) is 11.8 Å². The molecule has 1 amide bonds. The molecular weight excluding hydrogens is 324 g/mol. The number of carbonyl (C=O) groups is 1. The molecule has 0 unspecified atom stereocenters. The largest absolute Gasteiger partial charge is 0.337 e. The summed E-state index contributed by atoms with van der Waals surface area (Å²) >= 11 is 1.38. The first-order valence-corrected chi connectivity index (χ1v) is 8.91. The molecule has 0 N–H and O–H groups in total. The van der Waals surface area contributed by atoms with Gasteiger partial charge in [-0.1, -0.05) is 20.8 Å². The van der Waals surface area contributed by atoms with Gasteiger partial charge in [0.05, 0.1) is 23.4 Å². The summed E-state index contributed by atoms with van der Waals surface area (Å²) < 4.78 is 1.53. The Balaban J connectivity index is 1.65. The lowest BCUT2D eigenvalue weighted by Gasteiger charge is -2.39. The molecule has 0 bridgehead atoms. The lowest BCUT2D eigenvalue weighted by atomic mass is 9.92. The second-order valence-corrected chi connectivity index (χ2v) is 8.19. The van der Waals surface area contributed by atoms with Crippen LogP contribution in [0.25, 0.3) is 0 Å². The van der Waals surface area contributed by atoms with Crippen molar-refractivity contribution in [1.29, 1.82) is 0 Å². The summed E-state index contributed by atoms with van der Waals surface area (Å²) in [6.07, 6.45) is 0. The Labute approximate surface area is 145 Å². The first-order valence-electron chi connectivity index (χ1n) is 8.03. The molecule has 3 heterocycles. The average molecular weight is 346 g/mol. The first kappa shape index (κ1) is 16.8. The Morgan fingerprint density at radius 2 is 2.04 bits per heavy atom. The molecule has 7 heteroatoms. The molecule has 2 aromatic heterocycles. The van der Waals surface area contributed by atoms with Gasteiger partial charge in [0.25, 0.3) is 11.5 Å². The first-order chi connectivity index (χ1) is 11.3. The van der Waals surface area contributed by atoms with E-state index >= 15 is 0 Å². The molecule has 1 aliphatic heterocycles. The van der Waals surface area contributed by atoms with Crippen LogP contribution in [-0.2, 0) is 12.0 Å². The lowest BCUT2D eigenvalue weighted by molar-refractivity contribution is 0.0461. The standard InChI is InChI=1S/C17H22N4O2S/c1-11-15(24-10-18-11)16(23)20-7-12(8-20)9-21-14(22)6-5-13(19-21)17(2,3)4/h5-6,10,12H,7-9H2,1-4H3. The Morgan fingerprint density at radius 1 is 1.33 bits per heavy atom. The molecule has 1 aliphatic rings. The third-order valence-corrected chi connectivity index (χ3v) is 5.17. The number of nitrogens with zero attached hydrogens (tertiary/aromatic N) is 4. The van der Waals surface area contributed by atoms with Crippen LogP contribution in [-0.4, -0.2) is 38.7 Å². The van der Waals surface area contributed by atoms with Crippen molar-refractivity contribution >= 4 is 17.2 Å². The molecule has 0 atom stereocenters. The Hall–Kier alpha value is -2.02. The van der Waals surface area contributed by atoms with E-state index in [0.717, 1.165) is 11.4 Å². The van der Waals surface area contributed by atoms with Crippen molar-refractivity contribution in [2.75, 3.05) is 13.1 Å². The van der Waals surface area contributed by atoms with Gasteiger partial charge in [-0.25, -0.2) is 9.67 Å². The molecule has 0 saturated carbocycles. The van der Waals surface area contributed by atoms with Crippen LogP contribution in [0, 0.1) is 12.8 Å². The van der Waals surface area contributed by atoms with Gasteiger partial charge in [0, 0.05) is 30.5 Å². The van der Waals surface area contributed by atoms with Gasteiger partial charge in [-0.15, -0.1) is 11.3 Å². The van der Waals surface area contributed by atoms with E-state index < -0.39 is 0 Å². The fourth-order valence-electron chi connectivity index (χ4n) is 2.73. The van der Waals surface area contributed by atoms with E-state index in [4.69, 9.17) is 0 Å². The highest BCUT2D eigenvalue weighted by atomic mass is 32.1. The van der Waals surface area contributed by atoms with Crippen LogP contribution in [0.3, 0.4) is 0 Å². The molecule has 6 nitrogen and oxygen atoms in total. The van der Waals surface area contributed by atoms with E-state index in [1.54, 1.807) is 17.6 Å². The second-order valence-electron chi connectivity index (χ2n) is 7.33. The number of likely N-dealkylation sites (tertiary alicyclic amines) is 1. The molecule has 0 radical (unpaired) electrons. The van der Waals surface area contributed by atoms with Crippen molar-refractivity contribution in [3.05, 3.63) is 44.3 Å². The van der Waals surface area contributed by atoms with Crippen LogP contribution in [0.2, 0.25) is 0 Å². The maximum atomic E-state index is 12.4. The van der Waals surface area contributed by atoms with Gasteiger partial charge < -0.3 is 4.90 Å². The lowest BCUT2D eigenvalue weighted by Crippen LogP contribution is -2.52. The molecule has 1 saturated heterocycles. The van der Waals surface area contributed by atoms with Gasteiger partial charge >= 0.3 is 0 Å². The summed E-state index contributed by atoms with van der Waals surface area (Å²) in [4.78, 5) is 31.0. The highest BCUT2D eigenvalue weighted by molar-refractivity contribution is 7.11. The van der Waals surface area contributed by atoms with Gasteiger partial charge in [-0.2, -0.15) is 5.10 Å². The molecule has 0 spiro atoms. The van der Waals surface area contributed by atoms with Crippen molar-refractivity contribution < 1.29 is 4.79 Å². The molecule has 128 valence electrons. The zero-order chi connectivity index (χ0) is 17.5. The summed E-state index contributed by atoms with van der Waals surface area (Å²) in [6.45, 7) is 9.94. The third kappa shape index (κ3) is 3.26. The molecule has 2 aromatic rings. The van der Waals surface area contributed by atoms with Crippen LogP contribution < -0.4 is 5.56 Å². The Kier molecular flexibility index (Phi) is 4.29. The predicted octanol–water partition coefficient (Wildman–Crippen LogP) is 2.08. The van der Waals surface area contributed by atoms with Crippen LogP contribution in [0.1, 0.15) is 41.8 Å². The minimum atomic E-state index is -0.0965. The molecule has 0 aliphatic carbocycles. The summed E-state index contributed by atoms with van der Waals surface area (Å²) in [5.41, 5.74) is 3.19. The summed E-state index contributed by atoms with van der Waals surface area (Å²) in [7, 11) is 0. The van der Waals surface area contributed by atoms with Gasteiger partial charge in [-0.3, -0.25) is 9.59 Å². The van der Waals surface area contributed by atoms with Gasteiger partial charge in [0.15, 0.2) is 0 Å². The number of thiazole rings is 1. The topological polar surface area (TPSA) is 68.1 Å². The van der Waals surface area contributed by atoms with Crippen LogP contribution in [0.15, 0.2) is 22.4 Å². The van der Waals surface area contributed by atoms with Crippen molar-refractivity contribution in [1.82, 2.24) is 19.7 Å². The number of amides is 1. The van der Waals surface area contributed by atoms with Gasteiger partial charge in [0.2, 0.25) is 0 Å². The summed E-state index contributed by atoms with van der Waals surface area (Å²) in [6, 6.07) is 3.37. The van der Waals surface area contributed by atoms with Crippen molar-refractivity contribution in [3.63, 3.8) is 0 Å². The highest BCUT2D eigenvalue weighted by Gasteiger charge is 2.33. The highest BCUT2D eigenvalue weighted by Crippen LogP contribution is 2.23. The van der Waals surface area contributed by atoms with Crippen LogP contribution in [0.5, 0.6) is 0 Å². The van der Waals surface area contributed by atoms with Crippen LogP contribution >= 0.6 is 11.3 Å².